The molecule has 0 aromatic rings. The lowest BCUT2D eigenvalue weighted by molar-refractivity contribution is -0.870. The summed E-state index contributed by atoms with van der Waals surface area (Å²) in [6.45, 7) is 4.27. The highest BCUT2D eigenvalue weighted by Crippen LogP contribution is 2.38. The lowest BCUT2D eigenvalue weighted by Crippen LogP contribution is -2.51. The average Bonchev–Trinajstić information content (AvgIpc) is 3.13. The topological polar surface area (TPSA) is 128 Å². The minimum absolute atomic E-state index is 0.0505. The third-order valence-corrected chi connectivity index (χ3v) is 10.3. The molecule has 0 bridgehead atoms. The molecular formula is C45H83N2O7P. The zero-order valence-corrected chi connectivity index (χ0v) is 36.6. The molecular weight excluding hydrogens is 711 g/mol. The van der Waals surface area contributed by atoms with E-state index in [0.29, 0.717) is 23.9 Å². The number of carbonyl (C=O) groups excluding carboxylic acids is 1. The van der Waals surface area contributed by atoms with Gasteiger partial charge in [-0.05, 0) is 57.8 Å². The normalized spacial score (nSPS) is 15.6. The summed E-state index contributed by atoms with van der Waals surface area (Å²) in [5.41, 5.74) is 0. The number of carbonyl (C=O) groups is 1. The molecule has 3 N–H and O–H groups in total. The fraction of sp³-hybridized carbons (Fsp3) is 0.756. The molecule has 0 rings (SSSR count). The molecule has 0 heterocycles. The SMILES string of the molecule is CC/C=C\C/C=C\C/C=C\C/C=C\C/C=C\CCCCCC(=O)NC(COP(=O)([O-])OCC[N+](C)(C)C)C(O)C(O)CCCCCCCCCCCCCC. The molecule has 320 valence electrons. The number of phosphoric ester groups is 1. The molecule has 4 unspecified atom stereocenters. The average molecular weight is 795 g/mol. The quantitative estimate of drug-likeness (QED) is 0.0246. The molecule has 9 nitrogen and oxygen atoms in total. The van der Waals surface area contributed by atoms with Crippen LogP contribution in [0.3, 0.4) is 0 Å². The smallest absolute Gasteiger partial charge is 0.268 e. The van der Waals surface area contributed by atoms with Crippen LogP contribution < -0.4 is 10.2 Å². The van der Waals surface area contributed by atoms with Crippen LogP contribution in [0.2, 0.25) is 0 Å². The summed E-state index contributed by atoms with van der Waals surface area (Å²) >= 11 is 0. The van der Waals surface area contributed by atoms with Crippen molar-refractivity contribution in [1.82, 2.24) is 5.32 Å². The zero-order valence-electron chi connectivity index (χ0n) is 35.7. The van der Waals surface area contributed by atoms with Gasteiger partial charge in [0.25, 0.3) is 7.82 Å². The van der Waals surface area contributed by atoms with E-state index in [4.69, 9.17) is 9.05 Å². The third kappa shape index (κ3) is 37.5. The van der Waals surface area contributed by atoms with E-state index in [1.807, 2.05) is 21.1 Å². The molecule has 4 atom stereocenters. The Labute approximate surface area is 337 Å². The third-order valence-electron chi connectivity index (χ3n) is 9.36. The van der Waals surface area contributed by atoms with E-state index in [1.54, 1.807) is 0 Å². The van der Waals surface area contributed by atoms with Gasteiger partial charge in [-0.3, -0.25) is 9.36 Å². The molecule has 55 heavy (non-hydrogen) atoms. The summed E-state index contributed by atoms with van der Waals surface area (Å²) in [4.78, 5) is 25.3. The van der Waals surface area contributed by atoms with E-state index >= 15 is 0 Å². The monoisotopic (exact) mass is 795 g/mol. The van der Waals surface area contributed by atoms with Crippen molar-refractivity contribution >= 4 is 13.7 Å². The van der Waals surface area contributed by atoms with E-state index in [9.17, 15) is 24.5 Å². The number of nitrogens with zero attached hydrogens (tertiary/aromatic N) is 1. The number of amides is 1. The fourth-order valence-corrected chi connectivity index (χ4v) is 6.59. The van der Waals surface area contributed by atoms with Crippen LogP contribution in [0.1, 0.15) is 162 Å². The van der Waals surface area contributed by atoms with Gasteiger partial charge in [0, 0.05) is 6.42 Å². The number of rotatable bonds is 38. The molecule has 0 aromatic carbocycles. The maximum atomic E-state index is 12.9. The van der Waals surface area contributed by atoms with Gasteiger partial charge in [0.15, 0.2) is 0 Å². The predicted octanol–water partition coefficient (Wildman–Crippen LogP) is 10.2. The first-order valence-corrected chi connectivity index (χ1v) is 23.2. The molecule has 0 fully saturated rings. The summed E-state index contributed by atoms with van der Waals surface area (Å²) in [6.07, 6.45) is 42.5. The van der Waals surface area contributed by atoms with E-state index in [0.717, 1.165) is 77.0 Å². The fourth-order valence-electron chi connectivity index (χ4n) is 5.87. The van der Waals surface area contributed by atoms with Crippen LogP contribution in [0.15, 0.2) is 60.8 Å². The van der Waals surface area contributed by atoms with Gasteiger partial charge in [0.1, 0.15) is 19.3 Å². The van der Waals surface area contributed by atoms with Crippen molar-refractivity contribution in [2.45, 2.75) is 180 Å². The number of hydrogen-bond acceptors (Lipinski definition) is 7. The molecule has 0 saturated carbocycles. The van der Waals surface area contributed by atoms with Crippen molar-refractivity contribution in [3.05, 3.63) is 60.8 Å². The van der Waals surface area contributed by atoms with Crippen molar-refractivity contribution in [1.29, 1.82) is 0 Å². The van der Waals surface area contributed by atoms with Crippen molar-refractivity contribution in [3.63, 3.8) is 0 Å². The summed E-state index contributed by atoms with van der Waals surface area (Å²) in [6, 6.07) is -1.09. The number of hydrogen-bond donors (Lipinski definition) is 3. The first-order chi connectivity index (χ1) is 26.4. The zero-order chi connectivity index (χ0) is 40.9. The summed E-state index contributed by atoms with van der Waals surface area (Å²) in [5.74, 6) is -0.313. The summed E-state index contributed by atoms with van der Waals surface area (Å²) in [7, 11) is 1.09. The van der Waals surface area contributed by atoms with Gasteiger partial charge < -0.3 is 34.0 Å². The molecule has 1 amide bonds. The Balaban J connectivity index is 4.59. The summed E-state index contributed by atoms with van der Waals surface area (Å²) in [5, 5.41) is 24.6. The van der Waals surface area contributed by atoms with Gasteiger partial charge in [0.05, 0.1) is 39.9 Å². The predicted molar refractivity (Wildman–Crippen MR) is 230 cm³/mol. The van der Waals surface area contributed by atoms with Crippen molar-refractivity contribution in [2.24, 2.45) is 0 Å². The maximum absolute atomic E-state index is 12.9. The van der Waals surface area contributed by atoms with E-state index in [2.05, 4.69) is 79.9 Å². The van der Waals surface area contributed by atoms with Gasteiger partial charge in [-0.15, -0.1) is 0 Å². The Morgan fingerprint density at radius 1 is 0.673 bits per heavy atom. The minimum atomic E-state index is -4.67. The Bertz CT molecular complexity index is 1100. The van der Waals surface area contributed by atoms with E-state index in [1.165, 1.54) is 51.4 Å². The molecule has 0 aromatic heterocycles. The number of likely N-dealkylation sites (N-methyl/N-ethyl adjacent to an activating group) is 1. The van der Waals surface area contributed by atoms with E-state index < -0.39 is 32.7 Å². The molecule has 0 radical (unpaired) electrons. The number of aliphatic hydroxyl groups is 2. The van der Waals surface area contributed by atoms with Gasteiger partial charge in [-0.1, -0.05) is 158 Å². The van der Waals surface area contributed by atoms with Crippen molar-refractivity contribution in [3.8, 4) is 0 Å². The highest BCUT2D eigenvalue weighted by Gasteiger charge is 2.29. The highest BCUT2D eigenvalue weighted by molar-refractivity contribution is 7.45. The van der Waals surface area contributed by atoms with Crippen LogP contribution in [0.25, 0.3) is 0 Å². The number of nitrogens with one attached hydrogen (secondary N) is 1. The van der Waals surface area contributed by atoms with Gasteiger partial charge in [0.2, 0.25) is 5.91 Å². The first kappa shape index (κ1) is 53.2. The second-order valence-corrected chi connectivity index (χ2v) is 17.2. The molecule has 0 spiro atoms. The number of quaternary nitrogens is 1. The number of aliphatic hydroxyl groups excluding tert-OH is 2. The molecule has 0 aliphatic rings. The van der Waals surface area contributed by atoms with Crippen LogP contribution in [0.4, 0.5) is 0 Å². The number of allylic oxidation sites excluding steroid dienone is 10. The van der Waals surface area contributed by atoms with Crippen molar-refractivity contribution in [2.75, 3.05) is 40.9 Å². The molecule has 10 heteroatoms. The van der Waals surface area contributed by atoms with Gasteiger partial charge in [-0.2, -0.15) is 0 Å². The lowest BCUT2D eigenvalue weighted by Gasteiger charge is -2.31. The van der Waals surface area contributed by atoms with Crippen LogP contribution in [-0.2, 0) is 18.4 Å². The second kappa shape index (κ2) is 36.5. The van der Waals surface area contributed by atoms with Gasteiger partial charge in [-0.25, -0.2) is 0 Å². The lowest BCUT2D eigenvalue weighted by atomic mass is 9.99. The summed E-state index contributed by atoms with van der Waals surface area (Å²) < 4.78 is 23.1. The minimum Gasteiger partial charge on any atom is -0.756 e. The molecule has 0 saturated heterocycles. The number of unbranched alkanes of at least 4 members (excludes halogenated alkanes) is 14. The Hall–Kier alpha value is -1.84. The maximum Gasteiger partial charge on any atom is 0.268 e. The Kier molecular flexibility index (Phi) is 35.3. The number of phosphoric acid groups is 1. The Morgan fingerprint density at radius 2 is 1.15 bits per heavy atom. The van der Waals surface area contributed by atoms with Crippen LogP contribution in [0, 0.1) is 0 Å². The second-order valence-electron chi connectivity index (χ2n) is 15.8. The standard InChI is InChI=1S/C45H83N2O7P/c1-6-8-10-12-14-16-18-20-21-22-23-24-25-26-28-30-32-34-36-38-44(49)46-42(41-54-55(51,52)53-40-39-47(3,4)5)45(50)43(48)37-35-33-31-29-27-19-17-15-13-11-9-7-2/h8,10,14,16,20-21,23-24,26,28,42-43,45,48,50H,6-7,9,11-13,15,17-19,22,25,27,29-41H2,1-5H3,(H-,46,49,51,52)/b10-8-,16-14-,21-20-,24-23-,28-26-. The van der Waals surface area contributed by atoms with Gasteiger partial charge >= 0.3 is 0 Å². The largest absolute Gasteiger partial charge is 0.756 e. The van der Waals surface area contributed by atoms with Crippen LogP contribution in [0.5, 0.6) is 0 Å². The Morgan fingerprint density at radius 3 is 1.65 bits per heavy atom. The van der Waals surface area contributed by atoms with Crippen LogP contribution in [-0.4, -0.2) is 79.8 Å². The van der Waals surface area contributed by atoms with E-state index in [-0.39, 0.29) is 18.9 Å². The first-order valence-electron chi connectivity index (χ1n) is 21.7. The van der Waals surface area contributed by atoms with Crippen LogP contribution >= 0.6 is 7.82 Å². The molecule has 0 aliphatic carbocycles. The molecule has 0 aliphatic heterocycles. The highest BCUT2D eigenvalue weighted by atomic mass is 31.2. The van der Waals surface area contributed by atoms with Crippen molar-refractivity contribution < 1.29 is 38.0 Å².